The number of carbonyl (C=O) groups is 1. The Hall–Kier alpha value is -2.10. The van der Waals surface area contributed by atoms with Crippen molar-refractivity contribution >= 4 is 16.9 Å². The van der Waals surface area contributed by atoms with Crippen molar-refractivity contribution in [3.63, 3.8) is 0 Å². The Morgan fingerprint density at radius 1 is 1.37 bits per heavy atom. The number of pyridine rings is 1. The summed E-state index contributed by atoms with van der Waals surface area (Å²) in [6.07, 6.45) is 2.70. The molecule has 0 spiro atoms. The Kier molecular flexibility index (Phi) is 4.34. The molecule has 0 radical (unpaired) electrons. The van der Waals surface area contributed by atoms with Gasteiger partial charge in [0.15, 0.2) is 0 Å². The zero-order valence-corrected chi connectivity index (χ0v) is 11.3. The molecule has 4 nitrogen and oxygen atoms in total. The molecule has 0 fully saturated rings. The number of benzene rings is 1. The molecule has 1 aromatic heterocycles. The van der Waals surface area contributed by atoms with E-state index < -0.39 is 0 Å². The molecule has 2 amide bonds. The van der Waals surface area contributed by atoms with Gasteiger partial charge in [-0.05, 0) is 37.1 Å². The Morgan fingerprint density at radius 2 is 2.21 bits per heavy atom. The van der Waals surface area contributed by atoms with Gasteiger partial charge in [-0.2, -0.15) is 0 Å². The maximum absolute atomic E-state index is 11.6. The molecule has 100 valence electrons. The number of hydrogen-bond donors (Lipinski definition) is 2. The van der Waals surface area contributed by atoms with E-state index in [1.165, 1.54) is 0 Å². The summed E-state index contributed by atoms with van der Waals surface area (Å²) in [5, 5.41) is 6.82. The highest BCUT2D eigenvalue weighted by molar-refractivity contribution is 5.79. The molecule has 0 saturated carbocycles. The molecule has 2 aromatic rings. The van der Waals surface area contributed by atoms with E-state index in [1.54, 1.807) is 6.20 Å². The number of aromatic nitrogens is 1. The monoisotopic (exact) mass is 257 g/mol. The van der Waals surface area contributed by atoms with Crippen molar-refractivity contribution in [3.05, 3.63) is 42.1 Å². The first kappa shape index (κ1) is 13.3. The molecule has 0 aliphatic heterocycles. The van der Waals surface area contributed by atoms with Gasteiger partial charge in [0.2, 0.25) is 0 Å². The normalized spacial score (nSPS) is 12.1. The minimum Gasteiger partial charge on any atom is -0.336 e. The molecule has 0 aliphatic rings. The summed E-state index contributed by atoms with van der Waals surface area (Å²) >= 11 is 0. The van der Waals surface area contributed by atoms with Gasteiger partial charge in [0.1, 0.15) is 0 Å². The van der Waals surface area contributed by atoms with Gasteiger partial charge in [0.05, 0.1) is 5.52 Å². The van der Waals surface area contributed by atoms with E-state index in [4.69, 9.17) is 0 Å². The van der Waals surface area contributed by atoms with Crippen LogP contribution in [0.25, 0.3) is 10.9 Å². The third kappa shape index (κ3) is 3.68. The fourth-order valence-electron chi connectivity index (χ4n) is 1.79. The molecule has 1 atom stereocenters. The zero-order valence-electron chi connectivity index (χ0n) is 11.3. The van der Waals surface area contributed by atoms with Crippen LogP contribution in [0.1, 0.15) is 25.8 Å². The molecule has 1 heterocycles. The molecule has 1 aromatic carbocycles. The van der Waals surface area contributed by atoms with Crippen molar-refractivity contribution in [1.82, 2.24) is 15.6 Å². The number of amides is 2. The number of rotatable bonds is 4. The summed E-state index contributed by atoms with van der Waals surface area (Å²) in [5.41, 5.74) is 2.04. The van der Waals surface area contributed by atoms with Crippen molar-refractivity contribution < 1.29 is 4.79 Å². The van der Waals surface area contributed by atoms with Crippen molar-refractivity contribution in [2.45, 2.75) is 32.9 Å². The van der Waals surface area contributed by atoms with Crippen LogP contribution in [0.3, 0.4) is 0 Å². The Morgan fingerprint density at radius 3 is 3.00 bits per heavy atom. The minimum atomic E-state index is -0.124. The molecule has 0 bridgehead atoms. The molecule has 0 aliphatic carbocycles. The first-order valence-electron chi connectivity index (χ1n) is 6.57. The van der Waals surface area contributed by atoms with Crippen LogP contribution in [0.2, 0.25) is 0 Å². The van der Waals surface area contributed by atoms with E-state index in [0.29, 0.717) is 6.54 Å². The predicted molar refractivity (Wildman–Crippen MR) is 76.9 cm³/mol. The average Bonchev–Trinajstić information content (AvgIpc) is 2.44. The Labute approximate surface area is 113 Å². The van der Waals surface area contributed by atoms with E-state index in [2.05, 4.69) is 15.6 Å². The van der Waals surface area contributed by atoms with Gasteiger partial charge < -0.3 is 10.6 Å². The molecule has 2 rings (SSSR count). The highest BCUT2D eigenvalue weighted by Crippen LogP contribution is 2.12. The Balaban J connectivity index is 1.96. The quantitative estimate of drug-likeness (QED) is 0.885. The molecular formula is C15H19N3O. The smallest absolute Gasteiger partial charge is 0.315 e. The molecule has 1 unspecified atom stereocenters. The predicted octanol–water partition coefficient (Wildman–Crippen LogP) is 2.83. The lowest BCUT2D eigenvalue weighted by molar-refractivity contribution is 0.237. The van der Waals surface area contributed by atoms with Gasteiger partial charge in [0.25, 0.3) is 0 Å². The van der Waals surface area contributed by atoms with E-state index in [1.807, 2.05) is 44.2 Å². The molecule has 2 N–H and O–H groups in total. The second kappa shape index (κ2) is 6.18. The van der Waals surface area contributed by atoms with Crippen molar-refractivity contribution in [2.24, 2.45) is 0 Å². The second-order valence-electron chi connectivity index (χ2n) is 4.67. The third-order valence-electron chi connectivity index (χ3n) is 3.11. The maximum atomic E-state index is 11.6. The number of fused-ring (bicyclic) bond motifs is 1. The van der Waals surface area contributed by atoms with Gasteiger partial charge in [-0.15, -0.1) is 0 Å². The van der Waals surface area contributed by atoms with E-state index in [-0.39, 0.29) is 12.1 Å². The topological polar surface area (TPSA) is 54.0 Å². The zero-order chi connectivity index (χ0) is 13.7. The fraction of sp³-hybridized carbons (Fsp3) is 0.333. The van der Waals surface area contributed by atoms with Crippen LogP contribution in [0.4, 0.5) is 4.79 Å². The molecule has 4 heteroatoms. The van der Waals surface area contributed by atoms with Gasteiger partial charge in [-0.1, -0.05) is 19.1 Å². The Bertz CT molecular complexity index is 568. The maximum Gasteiger partial charge on any atom is 0.315 e. The standard InChI is InChI=1S/C15H19N3O/c1-3-11(2)18-15(19)17-10-12-6-7-14-13(9-12)5-4-8-16-14/h4-9,11H,3,10H2,1-2H3,(H2,17,18,19). The highest BCUT2D eigenvalue weighted by atomic mass is 16.2. The van der Waals surface area contributed by atoms with Gasteiger partial charge in [0, 0.05) is 24.2 Å². The lowest BCUT2D eigenvalue weighted by Gasteiger charge is -2.12. The minimum absolute atomic E-state index is 0.124. The summed E-state index contributed by atoms with van der Waals surface area (Å²) in [6, 6.07) is 10.0. The van der Waals surface area contributed by atoms with Crippen molar-refractivity contribution in [1.29, 1.82) is 0 Å². The van der Waals surface area contributed by atoms with Crippen molar-refractivity contribution in [3.8, 4) is 0 Å². The first-order chi connectivity index (χ1) is 9.19. The molecule has 0 saturated heterocycles. The summed E-state index contributed by atoms with van der Waals surface area (Å²) in [7, 11) is 0. The van der Waals surface area contributed by atoms with Crippen LogP contribution in [0.5, 0.6) is 0 Å². The lowest BCUT2D eigenvalue weighted by Crippen LogP contribution is -2.40. The number of nitrogens with one attached hydrogen (secondary N) is 2. The van der Waals surface area contributed by atoms with Crippen LogP contribution >= 0.6 is 0 Å². The number of nitrogens with zero attached hydrogens (tertiary/aromatic N) is 1. The number of urea groups is 1. The van der Waals surface area contributed by atoms with E-state index in [9.17, 15) is 4.79 Å². The van der Waals surface area contributed by atoms with Crippen molar-refractivity contribution in [2.75, 3.05) is 0 Å². The summed E-state index contributed by atoms with van der Waals surface area (Å²) in [5.74, 6) is 0. The largest absolute Gasteiger partial charge is 0.336 e. The third-order valence-corrected chi connectivity index (χ3v) is 3.11. The van der Waals surface area contributed by atoms with Crippen LogP contribution in [0.15, 0.2) is 36.5 Å². The molecule has 19 heavy (non-hydrogen) atoms. The fourth-order valence-corrected chi connectivity index (χ4v) is 1.79. The average molecular weight is 257 g/mol. The highest BCUT2D eigenvalue weighted by Gasteiger charge is 2.04. The summed E-state index contributed by atoms with van der Waals surface area (Å²) in [6.45, 7) is 4.55. The first-order valence-corrected chi connectivity index (χ1v) is 6.57. The number of hydrogen-bond acceptors (Lipinski definition) is 2. The second-order valence-corrected chi connectivity index (χ2v) is 4.67. The van der Waals surface area contributed by atoms with Gasteiger partial charge in [-0.25, -0.2) is 4.79 Å². The summed E-state index contributed by atoms with van der Waals surface area (Å²) < 4.78 is 0. The van der Waals surface area contributed by atoms with Gasteiger partial charge >= 0.3 is 6.03 Å². The molecular weight excluding hydrogens is 238 g/mol. The van der Waals surface area contributed by atoms with Crippen LogP contribution in [-0.2, 0) is 6.54 Å². The summed E-state index contributed by atoms with van der Waals surface area (Å²) in [4.78, 5) is 15.9. The van der Waals surface area contributed by atoms with Crippen LogP contribution in [-0.4, -0.2) is 17.1 Å². The van der Waals surface area contributed by atoms with Crippen LogP contribution < -0.4 is 10.6 Å². The lowest BCUT2D eigenvalue weighted by atomic mass is 10.1. The van der Waals surface area contributed by atoms with Crippen LogP contribution in [0, 0.1) is 0 Å². The van der Waals surface area contributed by atoms with Gasteiger partial charge in [-0.3, -0.25) is 4.98 Å². The SMILES string of the molecule is CCC(C)NC(=O)NCc1ccc2ncccc2c1. The number of carbonyl (C=O) groups excluding carboxylic acids is 1. The van der Waals surface area contributed by atoms with E-state index >= 15 is 0 Å². The van der Waals surface area contributed by atoms with E-state index in [0.717, 1.165) is 22.9 Å².